The maximum atomic E-state index is 11.6. The third-order valence-corrected chi connectivity index (χ3v) is 2.47. The van der Waals surface area contributed by atoms with Crippen molar-refractivity contribution >= 4 is 23.8 Å². The van der Waals surface area contributed by atoms with Crippen LogP contribution in [0.5, 0.6) is 0 Å². The second-order valence-corrected chi connectivity index (χ2v) is 4.12. The summed E-state index contributed by atoms with van der Waals surface area (Å²) in [6.45, 7) is 1.11. The van der Waals surface area contributed by atoms with E-state index in [2.05, 4.69) is 10.6 Å². The van der Waals surface area contributed by atoms with Gasteiger partial charge in [-0.3, -0.25) is 19.2 Å². The molecule has 0 spiro atoms. The van der Waals surface area contributed by atoms with Gasteiger partial charge < -0.3 is 26.6 Å². The van der Waals surface area contributed by atoms with Crippen molar-refractivity contribution in [2.24, 2.45) is 5.73 Å². The van der Waals surface area contributed by atoms with Crippen molar-refractivity contribution in [3.63, 3.8) is 0 Å². The standard InChI is InChI=1S/C11H19N3O6/c1-2-7(10(18)13-5-9(16)17)14-8(15)4-3-6(12)11(19)20/h6-7H,2-5,12H2,1H3,(H,13,18)(H,14,15)(H,16,17)(H,19,20)/t6-,7-/m0/s1/i5+1,9+1,13+1. The van der Waals surface area contributed by atoms with Crippen LogP contribution in [0.4, 0.5) is 0 Å². The molecule has 0 radical (unpaired) electrons. The van der Waals surface area contributed by atoms with Gasteiger partial charge in [-0.25, -0.2) is 0 Å². The summed E-state index contributed by atoms with van der Waals surface area (Å²) in [5.74, 6) is -3.51. The van der Waals surface area contributed by atoms with Gasteiger partial charge in [-0.2, -0.15) is 0 Å². The van der Waals surface area contributed by atoms with Gasteiger partial charge in [0.2, 0.25) is 11.8 Å². The highest BCUT2D eigenvalue weighted by Gasteiger charge is 2.20. The molecule has 9 nitrogen and oxygen atoms in total. The van der Waals surface area contributed by atoms with Crippen molar-refractivity contribution in [3.05, 3.63) is 0 Å². The van der Waals surface area contributed by atoms with E-state index in [-0.39, 0.29) is 19.3 Å². The summed E-state index contributed by atoms with van der Waals surface area (Å²) in [4.78, 5) is 43.9. The fourth-order valence-corrected chi connectivity index (χ4v) is 1.32. The molecule has 0 aliphatic rings. The molecule has 0 aromatic heterocycles. The Hall–Kier alpha value is -2.16. The highest BCUT2D eigenvalue weighted by atomic mass is 16.5. The van der Waals surface area contributed by atoms with Crippen molar-refractivity contribution in [1.82, 2.24) is 10.6 Å². The van der Waals surface area contributed by atoms with Crippen LogP contribution in [-0.2, 0) is 19.2 Å². The molecule has 0 unspecified atom stereocenters. The number of carbonyl (C=O) groups is 4. The Balaban J connectivity index is 4.21. The molecule has 0 aromatic rings. The number of carbonyl (C=O) groups excluding carboxylic acids is 2. The second-order valence-electron chi connectivity index (χ2n) is 4.12. The normalized spacial score (nSPS) is 13.1. The Labute approximate surface area is 115 Å². The number of hydrogen-bond acceptors (Lipinski definition) is 5. The summed E-state index contributed by atoms with van der Waals surface area (Å²) >= 11 is 0. The molecule has 9 heteroatoms. The molecule has 114 valence electrons. The fourth-order valence-electron chi connectivity index (χ4n) is 1.32. The lowest BCUT2D eigenvalue weighted by Crippen LogP contribution is -2.47. The van der Waals surface area contributed by atoms with Gasteiger partial charge in [0.05, 0.1) is 0 Å². The molecule has 0 saturated heterocycles. The van der Waals surface area contributed by atoms with Gasteiger partial charge in [0, 0.05) is 6.42 Å². The van der Waals surface area contributed by atoms with E-state index >= 15 is 0 Å². The van der Waals surface area contributed by atoms with E-state index in [1.807, 2.05) is 0 Å². The van der Waals surface area contributed by atoms with Crippen LogP contribution in [-0.4, -0.2) is 52.6 Å². The van der Waals surface area contributed by atoms with Crippen LogP contribution in [0.25, 0.3) is 0 Å². The summed E-state index contributed by atoms with van der Waals surface area (Å²) in [5, 5.41) is 21.5. The number of nitrogens with one attached hydrogen (secondary N) is 2. The van der Waals surface area contributed by atoms with Gasteiger partial charge in [-0.05, 0) is 12.8 Å². The number of carboxylic acids is 2. The molecule has 0 aromatic carbocycles. The maximum absolute atomic E-state index is 11.6. The lowest BCUT2D eigenvalue weighted by Gasteiger charge is -2.16. The van der Waals surface area contributed by atoms with Gasteiger partial charge in [0.25, 0.3) is 0 Å². The fraction of sp³-hybridized carbons (Fsp3) is 0.636. The molecule has 6 N–H and O–H groups in total. The van der Waals surface area contributed by atoms with Crippen LogP contribution < -0.4 is 16.4 Å². The first-order valence-corrected chi connectivity index (χ1v) is 6.05. The van der Waals surface area contributed by atoms with Crippen molar-refractivity contribution in [3.8, 4) is 0 Å². The lowest BCUT2D eigenvalue weighted by molar-refractivity contribution is -0.139. The molecule has 0 aliphatic heterocycles. The number of rotatable bonds is 9. The van der Waals surface area contributed by atoms with Crippen LogP contribution in [0.1, 0.15) is 26.2 Å². The average molecular weight is 292 g/mol. The molecule has 0 rings (SSSR count). The molecule has 2 atom stereocenters. The highest BCUT2D eigenvalue weighted by Crippen LogP contribution is 1.98. The molecule has 0 bridgehead atoms. The van der Waals surface area contributed by atoms with Crippen LogP contribution in [0.15, 0.2) is 0 Å². The van der Waals surface area contributed by atoms with Gasteiger partial charge in [-0.1, -0.05) is 6.92 Å². The van der Waals surface area contributed by atoms with Gasteiger partial charge in [0.1, 0.15) is 18.6 Å². The summed E-state index contributed by atoms with van der Waals surface area (Å²) in [5.41, 5.74) is 5.24. The molecule has 2 amide bonds. The first kappa shape index (κ1) is 17.8. The third kappa shape index (κ3) is 7.31. The van der Waals surface area contributed by atoms with Crippen molar-refractivity contribution in [1.29, 1.82) is 0 Å². The monoisotopic (exact) mass is 292 g/mol. The number of aliphatic carboxylic acids is 2. The number of carboxylic acid groups (broad SMARTS) is 2. The summed E-state index contributed by atoms with van der Waals surface area (Å²) in [6.07, 6.45) is 0.104. The second kappa shape index (κ2) is 8.86. The molecule has 0 saturated carbocycles. The van der Waals surface area contributed by atoms with E-state index in [1.165, 1.54) is 0 Å². The molecule has 20 heavy (non-hydrogen) atoms. The predicted molar refractivity (Wildman–Crippen MR) is 67.7 cm³/mol. The molecule has 0 aliphatic carbocycles. The zero-order valence-corrected chi connectivity index (χ0v) is 11.1. The predicted octanol–water partition coefficient (Wildman–Crippen LogP) is -1.73. The zero-order chi connectivity index (χ0) is 15.7. The maximum Gasteiger partial charge on any atom is 0.322 e. The Morgan fingerprint density at radius 1 is 1.20 bits per heavy atom. The number of nitrogens with two attached hydrogens (primary N) is 1. The molecular weight excluding hydrogens is 273 g/mol. The van der Waals surface area contributed by atoms with Crippen LogP contribution in [0, 0.1) is 0 Å². The zero-order valence-electron chi connectivity index (χ0n) is 11.1. The summed E-state index contributed by atoms with van der Waals surface area (Å²) in [7, 11) is 0. The highest BCUT2D eigenvalue weighted by molar-refractivity contribution is 5.89. The minimum atomic E-state index is -1.20. The molecule has 0 heterocycles. The van der Waals surface area contributed by atoms with E-state index in [0.717, 1.165) is 0 Å². The lowest BCUT2D eigenvalue weighted by atomic mass is 10.1. The van der Waals surface area contributed by atoms with Gasteiger partial charge in [-0.15, -0.1) is 0 Å². The van der Waals surface area contributed by atoms with Crippen LogP contribution in [0.3, 0.4) is 0 Å². The van der Waals surface area contributed by atoms with Crippen molar-refractivity contribution in [2.45, 2.75) is 38.3 Å². The Bertz CT molecular complexity index is 384. The number of hydrogen-bond donors (Lipinski definition) is 5. The smallest absolute Gasteiger partial charge is 0.322 e. The van der Waals surface area contributed by atoms with E-state index in [9.17, 15) is 19.2 Å². The topological polar surface area (TPSA) is 159 Å². The summed E-state index contributed by atoms with van der Waals surface area (Å²) < 4.78 is 0. The van der Waals surface area contributed by atoms with Crippen molar-refractivity contribution < 1.29 is 29.4 Å². The first-order valence-electron chi connectivity index (χ1n) is 6.05. The van der Waals surface area contributed by atoms with E-state index in [1.54, 1.807) is 6.92 Å². The van der Waals surface area contributed by atoms with Crippen LogP contribution >= 0.6 is 0 Å². The van der Waals surface area contributed by atoms with Crippen LogP contribution in [0.2, 0.25) is 0 Å². The van der Waals surface area contributed by atoms with Gasteiger partial charge in [0.15, 0.2) is 0 Å². The minimum Gasteiger partial charge on any atom is -0.480 e. The Kier molecular flexibility index (Phi) is 7.90. The van der Waals surface area contributed by atoms with Crippen molar-refractivity contribution in [2.75, 3.05) is 6.54 Å². The Morgan fingerprint density at radius 3 is 2.25 bits per heavy atom. The quantitative estimate of drug-likeness (QED) is 0.249. The first-order chi connectivity index (χ1) is 9.27. The molecular formula is C11H19N3O6. The van der Waals surface area contributed by atoms with Gasteiger partial charge >= 0.3 is 11.9 Å². The SMILES string of the molecule is CC[C@H](NC(=O)CC[C@H](N)C(=O)O)C(=O)[15NH][13CH2][13C](=O)O. The summed E-state index contributed by atoms with van der Waals surface area (Å²) in [6, 6.07) is -2.00. The Morgan fingerprint density at radius 2 is 1.80 bits per heavy atom. The van der Waals surface area contributed by atoms with E-state index in [0.29, 0.717) is 0 Å². The molecule has 0 fully saturated rings. The van der Waals surface area contributed by atoms with E-state index < -0.39 is 42.4 Å². The minimum absolute atomic E-state index is 0.0473. The van der Waals surface area contributed by atoms with E-state index in [4.69, 9.17) is 15.9 Å². The largest absolute Gasteiger partial charge is 0.480 e. The third-order valence-electron chi connectivity index (χ3n) is 2.47. The number of amides is 2. The average Bonchev–Trinajstić information content (AvgIpc) is 2.38.